The van der Waals surface area contributed by atoms with Gasteiger partial charge in [0.25, 0.3) is 0 Å². The molecule has 1 aromatic rings. The van der Waals surface area contributed by atoms with E-state index in [1.165, 1.54) is 0 Å². The molecule has 0 radical (unpaired) electrons. The number of nitrogens with two attached hydrogens (primary N) is 1. The summed E-state index contributed by atoms with van der Waals surface area (Å²) in [4.78, 5) is 10.6. The Morgan fingerprint density at radius 3 is 2.39 bits per heavy atom. The Morgan fingerprint density at radius 2 is 1.94 bits per heavy atom. The number of carboxylic acids is 1. The Balaban J connectivity index is 0.00000289. The molecule has 5 heteroatoms. The van der Waals surface area contributed by atoms with Crippen LogP contribution in [0.5, 0.6) is 5.75 Å². The van der Waals surface area contributed by atoms with E-state index in [0.29, 0.717) is 6.42 Å². The van der Waals surface area contributed by atoms with Crippen LogP contribution in [0.3, 0.4) is 0 Å². The molecule has 0 spiro atoms. The van der Waals surface area contributed by atoms with Gasteiger partial charge in [-0.3, -0.25) is 4.79 Å². The van der Waals surface area contributed by atoms with Crippen LogP contribution >= 0.6 is 12.4 Å². The molecule has 0 amide bonds. The van der Waals surface area contributed by atoms with E-state index in [9.17, 15) is 4.79 Å². The average Bonchev–Trinajstić information content (AvgIpc) is 2.31. The molecule has 102 valence electrons. The molecule has 0 aliphatic rings. The third-order valence-electron chi connectivity index (χ3n) is 2.61. The molecule has 0 aliphatic carbocycles. The SMILES string of the molecule is CCC(C)Oc1ccc(CC(N)C(=O)O)cc1.Cl. The molecular formula is C13H20ClNO3. The molecule has 2 atom stereocenters. The molecule has 3 N–H and O–H groups in total. The summed E-state index contributed by atoms with van der Waals surface area (Å²) < 4.78 is 5.62. The van der Waals surface area contributed by atoms with Crippen LogP contribution in [0, 0.1) is 0 Å². The van der Waals surface area contributed by atoms with Gasteiger partial charge in [0.05, 0.1) is 6.10 Å². The highest BCUT2D eigenvalue weighted by atomic mass is 35.5. The molecule has 0 aromatic heterocycles. The maximum Gasteiger partial charge on any atom is 0.320 e. The standard InChI is InChI=1S/C13H19NO3.ClH/c1-3-9(2)17-11-6-4-10(5-7-11)8-12(14)13(15)16;/h4-7,9,12H,3,8,14H2,1-2H3,(H,15,16);1H. The lowest BCUT2D eigenvalue weighted by Crippen LogP contribution is -2.32. The van der Waals surface area contributed by atoms with E-state index >= 15 is 0 Å². The zero-order valence-corrected chi connectivity index (χ0v) is 11.4. The van der Waals surface area contributed by atoms with E-state index in [1.54, 1.807) is 0 Å². The fraction of sp³-hybridized carbons (Fsp3) is 0.462. The average molecular weight is 274 g/mol. The molecular weight excluding hydrogens is 254 g/mol. The van der Waals surface area contributed by atoms with E-state index in [0.717, 1.165) is 17.7 Å². The van der Waals surface area contributed by atoms with Gasteiger partial charge < -0.3 is 15.6 Å². The first-order chi connectivity index (χ1) is 8.02. The summed E-state index contributed by atoms with van der Waals surface area (Å²) in [6, 6.07) is 6.53. The number of carbonyl (C=O) groups is 1. The highest BCUT2D eigenvalue weighted by Crippen LogP contribution is 2.15. The second-order valence-corrected chi connectivity index (χ2v) is 4.13. The van der Waals surface area contributed by atoms with Crippen LogP contribution in [-0.2, 0) is 11.2 Å². The Labute approximate surface area is 114 Å². The van der Waals surface area contributed by atoms with Gasteiger partial charge in [-0.15, -0.1) is 12.4 Å². The van der Waals surface area contributed by atoms with Gasteiger partial charge in [-0.25, -0.2) is 0 Å². The summed E-state index contributed by atoms with van der Waals surface area (Å²) in [6.45, 7) is 4.07. The first-order valence-electron chi connectivity index (χ1n) is 5.77. The van der Waals surface area contributed by atoms with E-state index in [4.69, 9.17) is 15.6 Å². The zero-order chi connectivity index (χ0) is 12.8. The van der Waals surface area contributed by atoms with E-state index in [2.05, 4.69) is 6.92 Å². The van der Waals surface area contributed by atoms with Crippen molar-refractivity contribution in [3.63, 3.8) is 0 Å². The van der Waals surface area contributed by atoms with Crippen molar-refractivity contribution in [3.8, 4) is 5.75 Å². The number of carboxylic acid groups (broad SMARTS) is 1. The van der Waals surface area contributed by atoms with Crippen molar-refractivity contribution >= 4 is 18.4 Å². The number of halogens is 1. The second kappa shape index (κ2) is 7.95. The lowest BCUT2D eigenvalue weighted by atomic mass is 10.1. The van der Waals surface area contributed by atoms with Gasteiger partial charge >= 0.3 is 5.97 Å². The van der Waals surface area contributed by atoms with Crippen LogP contribution in [0.15, 0.2) is 24.3 Å². The summed E-state index contributed by atoms with van der Waals surface area (Å²) in [7, 11) is 0. The van der Waals surface area contributed by atoms with Gasteiger partial charge in [-0.1, -0.05) is 19.1 Å². The first-order valence-corrected chi connectivity index (χ1v) is 5.77. The quantitative estimate of drug-likeness (QED) is 0.834. The van der Waals surface area contributed by atoms with Gasteiger partial charge in [0.1, 0.15) is 11.8 Å². The zero-order valence-electron chi connectivity index (χ0n) is 10.6. The van der Waals surface area contributed by atoms with Crippen LogP contribution in [0.2, 0.25) is 0 Å². The molecule has 18 heavy (non-hydrogen) atoms. The summed E-state index contributed by atoms with van der Waals surface area (Å²) in [5.41, 5.74) is 6.36. The Bertz CT molecular complexity index is 367. The molecule has 2 unspecified atom stereocenters. The van der Waals surface area contributed by atoms with Crippen LogP contribution in [0.4, 0.5) is 0 Å². The minimum absolute atomic E-state index is 0. The smallest absolute Gasteiger partial charge is 0.320 e. The van der Waals surface area contributed by atoms with Crippen LogP contribution in [-0.4, -0.2) is 23.2 Å². The third kappa shape index (κ3) is 5.38. The Morgan fingerprint density at radius 1 is 1.39 bits per heavy atom. The van der Waals surface area contributed by atoms with Gasteiger partial charge in [0.15, 0.2) is 0 Å². The lowest BCUT2D eigenvalue weighted by Gasteiger charge is -2.13. The number of aliphatic carboxylic acids is 1. The number of hydrogen-bond acceptors (Lipinski definition) is 3. The van der Waals surface area contributed by atoms with Crippen LogP contribution in [0.1, 0.15) is 25.8 Å². The summed E-state index contributed by atoms with van der Waals surface area (Å²) in [5.74, 6) is -0.183. The largest absolute Gasteiger partial charge is 0.491 e. The summed E-state index contributed by atoms with van der Waals surface area (Å²) >= 11 is 0. The minimum atomic E-state index is -0.982. The van der Waals surface area contributed by atoms with E-state index in [-0.39, 0.29) is 18.5 Å². The second-order valence-electron chi connectivity index (χ2n) is 4.13. The molecule has 4 nitrogen and oxygen atoms in total. The molecule has 0 fully saturated rings. The van der Waals surface area contributed by atoms with Crippen molar-refractivity contribution in [1.82, 2.24) is 0 Å². The molecule has 1 rings (SSSR count). The highest BCUT2D eigenvalue weighted by molar-refractivity contribution is 5.85. The fourth-order valence-corrected chi connectivity index (χ4v) is 1.36. The monoisotopic (exact) mass is 273 g/mol. The van der Waals surface area contributed by atoms with Crippen molar-refractivity contribution in [3.05, 3.63) is 29.8 Å². The molecule has 0 bridgehead atoms. The van der Waals surface area contributed by atoms with E-state index in [1.807, 2.05) is 31.2 Å². The van der Waals surface area contributed by atoms with Crippen molar-refractivity contribution in [2.45, 2.75) is 38.8 Å². The third-order valence-corrected chi connectivity index (χ3v) is 2.61. The number of benzene rings is 1. The fourth-order valence-electron chi connectivity index (χ4n) is 1.36. The van der Waals surface area contributed by atoms with Crippen molar-refractivity contribution in [1.29, 1.82) is 0 Å². The first kappa shape index (κ1) is 16.7. The van der Waals surface area contributed by atoms with Crippen LogP contribution < -0.4 is 10.5 Å². The topological polar surface area (TPSA) is 72.5 Å². The Hall–Kier alpha value is -1.26. The normalized spacial score (nSPS) is 13.3. The van der Waals surface area contributed by atoms with Crippen molar-refractivity contribution in [2.75, 3.05) is 0 Å². The predicted octanol–water partition coefficient (Wildman–Crippen LogP) is 2.24. The summed E-state index contributed by atoms with van der Waals surface area (Å²) in [6.07, 6.45) is 1.46. The van der Waals surface area contributed by atoms with E-state index < -0.39 is 12.0 Å². The maximum atomic E-state index is 10.6. The predicted molar refractivity (Wildman–Crippen MR) is 73.4 cm³/mol. The molecule has 0 saturated carbocycles. The van der Waals surface area contributed by atoms with Gasteiger partial charge in [0, 0.05) is 0 Å². The van der Waals surface area contributed by atoms with Gasteiger partial charge in [0.2, 0.25) is 0 Å². The Kier molecular flexibility index (Phi) is 7.39. The molecule has 0 heterocycles. The van der Waals surface area contributed by atoms with Crippen LogP contribution in [0.25, 0.3) is 0 Å². The summed E-state index contributed by atoms with van der Waals surface area (Å²) in [5, 5.41) is 8.70. The van der Waals surface area contributed by atoms with Crippen molar-refractivity contribution < 1.29 is 14.6 Å². The van der Waals surface area contributed by atoms with Crippen molar-refractivity contribution in [2.24, 2.45) is 5.73 Å². The number of hydrogen-bond donors (Lipinski definition) is 2. The number of ether oxygens (including phenoxy) is 1. The lowest BCUT2D eigenvalue weighted by molar-refractivity contribution is -0.138. The number of rotatable bonds is 6. The highest BCUT2D eigenvalue weighted by Gasteiger charge is 2.11. The van der Waals surface area contributed by atoms with Gasteiger partial charge in [-0.05, 0) is 37.5 Å². The molecule has 0 aliphatic heterocycles. The molecule has 1 aromatic carbocycles. The van der Waals surface area contributed by atoms with Gasteiger partial charge in [-0.2, -0.15) is 0 Å². The molecule has 0 saturated heterocycles. The maximum absolute atomic E-state index is 10.6. The minimum Gasteiger partial charge on any atom is -0.491 e.